The fourth-order valence-corrected chi connectivity index (χ4v) is 3.28. The maximum atomic E-state index is 12.4. The molecule has 3 unspecified atom stereocenters. The molecule has 0 spiro atoms. The van der Waals surface area contributed by atoms with Crippen LogP contribution in [0.4, 0.5) is 0 Å². The first kappa shape index (κ1) is 10.5. The van der Waals surface area contributed by atoms with E-state index in [-0.39, 0.29) is 12.0 Å². The Morgan fingerprint density at radius 2 is 2.31 bits per heavy atom. The van der Waals surface area contributed by atoms with Gasteiger partial charge in [-0.25, -0.2) is 0 Å². The molecule has 4 atom stereocenters. The van der Waals surface area contributed by atoms with Crippen molar-refractivity contribution in [1.29, 1.82) is 0 Å². The number of nitrogens with one attached hydrogen (secondary N) is 1. The number of ether oxygens (including phenoxy) is 1. The Kier molecular flexibility index (Phi) is 2.64. The van der Waals surface area contributed by atoms with Crippen molar-refractivity contribution in [2.24, 2.45) is 5.92 Å². The third kappa shape index (κ3) is 1.64. The van der Waals surface area contributed by atoms with Gasteiger partial charge in [0.15, 0.2) is 0 Å². The maximum absolute atomic E-state index is 12.4. The van der Waals surface area contributed by atoms with E-state index < -0.39 is 0 Å². The molecule has 3 heterocycles. The van der Waals surface area contributed by atoms with Gasteiger partial charge in [0, 0.05) is 25.7 Å². The summed E-state index contributed by atoms with van der Waals surface area (Å²) in [6, 6.07) is 0.334. The Morgan fingerprint density at radius 3 is 2.94 bits per heavy atom. The molecule has 4 nitrogen and oxygen atoms in total. The van der Waals surface area contributed by atoms with Crippen LogP contribution in [-0.4, -0.2) is 48.7 Å². The predicted octanol–water partition coefficient (Wildman–Crippen LogP) is 0.374. The molecule has 2 bridgehead atoms. The minimum Gasteiger partial charge on any atom is -0.374 e. The fraction of sp³-hybridized carbons (Fsp3) is 0.917. The monoisotopic (exact) mass is 224 g/mol. The Morgan fingerprint density at radius 1 is 1.44 bits per heavy atom. The van der Waals surface area contributed by atoms with Crippen LogP contribution < -0.4 is 5.32 Å². The fourth-order valence-electron chi connectivity index (χ4n) is 3.28. The topological polar surface area (TPSA) is 41.6 Å². The van der Waals surface area contributed by atoms with Crippen molar-refractivity contribution in [1.82, 2.24) is 10.2 Å². The molecule has 0 saturated carbocycles. The number of amides is 1. The van der Waals surface area contributed by atoms with Crippen molar-refractivity contribution in [3.05, 3.63) is 0 Å². The van der Waals surface area contributed by atoms with Crippen molar-refractivity contribution in [3.8, 4) is 0 Å². The van der Waals surface area contributed by atoms with Gasteiger partial charge in [-0.05, 0) is 26.2 Å². The second kappa shape index (κ2) is 4.00. The summed E-state index contributed by atoms with van der Waals surface area (Å²) in [6.45, 7) is 4.83. The maximum Gasteiger partial charge on any atom is 0.228 e. The van der Waals surface area contributed by atoms with Gasteiger partial charge in [-0.2, -0.15) is 0 Å². The second-order valence-corrected chi connectivity index (χ2v) is 5.30. The standard InChI is InChI=1S/C12H20N2O2/c1-8-7-13-4-5-14(8)12(15)10-6-9-2-3-11(10)16-9/h8-11,13H,2-7H2,1H3/t8-,9?,10?,11?/m1/s1. The minimum atomic E-state index is 0.152. The third-order valence-corrected chi connectivity index (χ3v) is 4.21. The van der Waals surface area contributed by atoms with Gasteiger partial charge in [-0.15, -0.1) is 0 Å². The number of hydrogen-bond acceptors (Lipinski definition) is 3. The Labute approximate surface area is 96.3 Å². The predicted molar refractivity (Wildman–Crippen MR) is 60.0 cm³/mol. The number of fused-ring (bicyclic) bond motifs is 2. The average Bonchev–Trinajstić information content (AvgIpc) is 2.90. The molecule has 0 aromatic carbocycles. The molecule has 3 rings (SSSR count). The number of carbonyl (C=O) groups is 1. The zero-order chi connectivity index (χ0) is 11.1. The molecule has 0 radical (unpaired) electrons. The largest absolute Gasteiger partial charge is 0.374 e. The van der Waals surface area contributed by atoms with Crippen LogP contribution in [0.1, 0.15) is 26.2 Å². The van der Waals surface area contributed by atoms with Gasteiger partial charge in [0.1, 0.15) is 0 Å². The first-order chi connectivity index (χ1) is 7.75. The molecular formula is C12H20N2O2. The van der Waals surface area contributed by atoms with Crippen LogP contribution in [0, 0.1) is 5.92 Å². The lowest BCUT2D eigenvalue weighted by Crippen LogP contribution is -2.54. The zero-order valence-electron chi connectivity index (χ0n) is 9.82. The van der Waals surface area contributed by atoms with Crippen LogP contribution in [0.5, 0.6) is 0 Å². The number of carbonyl (C=O) groups excluding carboxylic acids is 1. The molecular weight excluding hydrogens is 204 g/mol. The van der Waals surface area contributed by atoms with E-state index >= 15 is 0 Å². The number of rotatable bonds is 1. The molecule has 3 fully saturated rings. The second-order valence-electron chi connectivity index (χ2n) is 5.30. The van der Waals surface area contributed by atoms with E-state index in [1.54, 1.807) is 0 Å². The molecule has 90 valence electrons. The summed E-state index contributed by atoms with van der Waals surface area (Å²) in [5, 5.41) is 3.32. The molecule has 1 amide bonds. The highest BCUT2D eigenvalue weighted by Crippen LogP contribution is 2.39. The van der Waals surface area contributed by atoms with Crippen LogP contribution in [0.25, 0.3) is 0 Å². The average molecular weight is 224 g/mol. The SMILES string of the molecule is C[C@@H]1CNCCN1C(=O)C1CC2CCC1O2. The third-order valence-electron chi connectivity index (χ3n) is 4.21. The highest BCUT2D eigenvalue weighted by Gasteiger charge is 2.46. The lowest BCUT2D eigenvalue weighted by molar-refractivity contribution is -0.140. The lowest BCUT2D eigenvalue weighted by atomic mass is 9.87. The molecule has 3 saturated heterocycles. The van der Waals surface area contributed by atoms with Gasteiger partial charge in [-0.1, -0.05) is 0 Å². The van der Waals surface area contributed by atoms with Gasteiger partial charge < -0.3 is 15.0 Å². The summed E-state index contributed by atoms with van der Waals surface area (Å²) in [7, 11) is 0. The molecule has 3 aliphatic rings. The van der Waals surface area contributed by atoms with Gasteiger partial charge in [0.25, 0.3) is 0 Å². The van der Waals surface area contributed by atoms with Crippen molar-refractivity contribution in [2.45, 2.75) is 44.4 Å². The van der Waals surface area contributed by atoms with Gasteiger partial charge >= 0.3 is 0 Å². The molecule has 1 N–H and O–H groups in total. The zero-order valence-corrected chi connectivity index (χ0v) is 9.82. The molecule has 0 aromatic heterocycles. The molecule has 3 aliphatic heterocycles. The van der Waals surface area contributed by atoms with E-state index in [9.17, 15) is 4.79 Å². The van der Waals surface area contributed by atoms with E-state index in [0.29, 0.717) is 18.1 Å². The van der Waals surface area contributed by atoms with Crippen molar-refractivity contribution >= 4 is 5.91 Å². The van der Waals surface area contributed by atoms with Crippen LogP contribution in [0.2, 0.25) is 0 Å². The van der Waals surface area contributed by atoms with E-state index in [4.69, 9.17) is 4.74 Å². The summed E-state index contributed by atoms with van der Waals surface area (Å²) >= 11 is 0. The lowest BCUT2D eigenvalue weighted by Gasteiger charge is -2.36. The van der Waals surface area contributed by atoms with E-state index in [1.165, 1.54) is 0 Å². The van der Waals surface area contributed by atoms with Crippen LogP contribution in [0.3, 0.4) is 0 Å². The van der Waals surface area contributed by atoms with Crippen molar-refractivity contribution in [2.75, 3.05) is 19.6 Å². The molecule has 0 aliphatic carbocycles. The van der Waals surface area contributed by atoms with Gasteiger partial charge in [-0.3, -0.25) is 4.79 Å². The summed E-state index contributed by atoms with van der Waals surface area (Å²) in [5.41, 5.74) is 0. The summed E-state index contributed by atoms with van der Waals surface area (Å²) in [4.78, 5) is 14.5. The summed E-state index contributed by atoms with van der Waals surface area (Å²) in [6.07, 6.45) is 3.80. The highest BCUT2D eigenvalue weighted by atomic mass is 16.5. The Bertz CT molecular complexity index is 291. The quantitative estimate of drug-likeness (QED) is 0.700. The molecule has 0 aromatic rings. The van der Waals surface area contributed by atoms with E-state index in [0.717, 1.165) is 38.9 Å². The van der Waals surface area contributed by atoms with Crippen molar-refractivity contribution in [3.63, 3.8) is 0 Å². The molecule has 4 heteroatoms. The van der Waals surface area contributed by atoms with E-state index in [2.05, 4.69) is 12.2 Å². The Hall–Kier alpha value is -0.610. The summed E-state index contributed by atoms with van der Waals surface area (Å²) in [5.74, 6) is 0.487. The minimum absolute atomic E-state index is 0.152. The number of nitrogens with zero attached hydrogens (tertiary/aromatic N) is 1. The highest BCUT2D eigenvalue weighted by molar-refractivity contribution is 5.80. The van der Waals surface area contributed by atoms with Crippen LogP contribution in [-0.2, 0) is 9.53 Å². The normalized spacial score (nSPS) is 42.7. The van der Waals surface area contributed by atoms with Gasteiger partial charge in [0.05, 0.1) is 18.1 Å². The van der Waals surface area contributed by atoms with E-state index in [1.807, 2.05) is 4.90 Å². The van der Waals surface area contributed by atoms with Crippen molar-refractivity contribution < 1.29 is 9.53 Å². The van der Waals surface area contributed by atoms with Gasteiger partial charge in [0.2, 0.25) is 5.91 Å². The van der Waals surface area contributed by atoms with Crippen LogP contribution >= 0.6 is 0 Å². The first-order valence-electron chi connectivity index (χ1n) is 6.42. The smallest absolute Gasteiger partial charge is 0.228 e. The first-order valence-corrected chi connectivity index (χ1v) is 6.42. The number of piperazine rings is 1. The summed E-state index contributed by atoms with van der Waals surface area (Å²) < 4.78 is 5.77. The van der Waals surface area contributed by atoms with Crippen LogP contribution in [0.15, 0.2) is 0 Å². The Balaban J connectivity index is 1.68. The number of hydrogen-bond donors (Lipinski definition) is 1. The molecule has 16 heavy (non-hydrogen) atoms.